The molecule has 0 saturated carbocycles. The van der Waals surface area contributed by atoms with Gasteiger partial charge < -0.3 is 10.1 Å². The molecule has 0 aliphatic carbocycles. The number of rotatable bonds is 5. The summed E-state index contributed by atoms with van der Waals surface area (Å²) in [5, 5.41) is 3.82. The standard InChI is InChI=1S/C11H16ClNO/c1-9(13-2)7-8-14-11-6-4-3-5-10(11)12/h3-6,9,13H,7-8H2,1-2H3. The van der Waals surface area contributed by atoms with Crippen LogP contribution in [0.4, 0.5) is 0 Å². The van der Waals surface area contributed by atoms with Crippen LogP contribution in [0.5, 0.6) is 5.75 Å². The highest BCUT2D eigenvalue weighted by Gasteiger charge is 2.01. The Hall–Kier alpha value is -0.730. The molecule has 0 spiro atoms. The highest BCUT2D eigenvalue weighted by Crippen LogP contribution is 2.23. The summed E-state index contributed by atoms with van der Waals surface area (Å²) in [6, 6.07) is 8.00. The zero-order chi connectivity index (χ0) is 10.4. The minimum atomic E-state index is 0.470. The lowest BCUT2D eigenvalue weighted by atomic mass is 10.2. The molecule has 0 radical (unpaired) electrons. The van der Waals surface area contributed by atoms with Crippen LogP contribution in [-0.4, -0.2) is 19.7 Å². The van der Waals surface area contributed by atoms with Gasteiger partial charge in [0.25, 0.3) is 0 Å². The van der Waals surface area contributed by atoms with Crippen molar-refractivity contribution in [1.82, 2.24) is 5.32 Å². The molecule has 0 aliphatic heterocycles. The van der Waals surface area contributed by atoms with Crippen molar-refractivity contribution in [2.24, 2.45) is 0 Å². The maximum atomic E-state index is 5.93. The first-order valence-electron chi connectivity index (χ1n) is 4.78. The smallest absolute Gasteiger partial charge is 0.137 e. The maximum Gasteiger partial charge on any atom is 0.137 e. The molecule has 1 aromatic carbocycles. The van der Waals surface area contributed by atoms with E-state index in [-0.39, 0.29) is 0 Å². The normalized spacial score (nSPS) is 12.5. The molecule has 0 amide bonds. The Kier molecular flexibility index (Phi) is 4.77. The van der Waals surface area contributed by atoms with Crippen LogP contribution in [0.2, 0.25) is 5.02 Å². The highest BCUT2D eigenvalue weighted by molar-refractivity contribution is 6.32. The van der Waals surface area contributed by atoms with E-state index in [9.17, 15) is 0 Å². The molecular weight excluding hydrogens is 198 g/mol. The van der Waals surface area contributed by atoms with Crippen molar-refractivity contribution in [2.75, 3.05) is 13.7 Å². The van der Waals surface area contributed by atoms with Gasteiger partial charge in [-0.2, -0.15) is 0 Å². The van der Waals surface area contributed by atoms with Crippen LogP contribution < -0.4 is 10.1 Å². The Morgan fingerprint density at radius 3 is 2.79 bits per heavy atom. The Morgan fingerprint density at radius 1 is 1.43 bits per heavy atom. The lowest BCUT2D eigenvalue weighted by Crippen LogP contribution is -2.23. The van der Waals surface area contributed by atoms with Crippen molar-refractivity contribution < 1.29 is 4.74 Å². The number of benzene rings is 1. The number of halogens is 1. The van der Waals surface area contributed by atoms with Crippen molar-refractivity contribution in [3.8, 4) is 5.75 Å². The van der Waals surface area contributed by atoms with Gasteiger partial charge in [0.05, 0.1) is 11.6 Å². The average Bonchev–Trinajstić information content (AvgIpc) is 2.20. The number of ether oxygens (including phenoxy) is 1. The summed E-state index contributed by atoms with van der Waals surface area (Å²) in [7, 11) is 1.94. The van der Waals surface area contributed by atoms with E-state index in [1.165, 1.54) is 0 Å². The number of nitrogens with one attached hydrogen (secondary N) is 1. The summed E-state index contributed by atoms with van der Waals surface area (Å²) in [6.07, 6.45) is 0.974. The minimum Gasteiger partial charge on any atom is -0.492 e. The van der Waals surface area contributed by atoms with E-state index in [1.807, 2.05) is 31.3 Å². The minimum absolute atomic E-state index is 0.470. The van der Waals surface area contributed by atoms with Crippen LogP contribution in [0.3, 0.4) is 0 Å². The molecule has 0 heterocycles. The molecule has 78 valence electrons. The first-order valence-corrected chi connectivity index (χ1v) is 5.16. The number of para-hydroxylation sites is 1. The van der Waals surface area contributed by atoms with E-state index in [0.717, 1.165) is 12.2 Å². The van der Waals surface area contributed by atoms with Gasteiger partial charge >= 0.3 is 0 Å². The summed E-state index contributed by atoms with van der Waals surface area (Å²) in [5.74, 6) is 0.762. The van der Waals surface area contributed by atoms with E-state index < -0.39 is 0 Å². The molecule has 1 unspecified atom stereocenters. The molecule has 0 saturated heterocycles. The van der Waals surface area contributed by atoms with Gasteiger partial charge in [-0.1, -0.05) is 23.7 Å². The Balaban J connectivity index is 2.35. The van der Waals surface area contributed by atoms with Crippen molar-refractivity contribution in [1.29, 1.82) is 0 Å². The van der Waals surface area contributed by atoms with Gasteiger partial charge in [-0.3, -0.25) is 0 Å². The van der Waals surface area contributed by atoms with Crippen molar-refractivity contribution in [3.63, 3.8) is 0 Å². The fraction of sp³-hybridized carbons (Fsp3) is 0.455. The van der Waals surface area contributed by atoms with E-state index in [4.69, 9.17) is 16.3 Å². The predicted octanol–water partition coefficient (Wildman–Crippen LogP) is 2.72. The predicted molar refractivity (Wildman–Crippen MR) is 60.1 cm³/mol. The molecule has 0 fully saturated rings. The zero-order valence-electron chi connectivity index (χ0n) is 8.59. The molecule has 0 aromatic heterocycles. The van der Waals surface area contributed by atoms with Gasteiger partial charge in [0.15, 0.2) is 0 Å². The van der Waals surface area contributed by atoms with Crippen LogP contribution >= 0.6 is 11.6 Å². The van der Waals surface area contributed by atoms with E-state index >= 15 is 0 Å². The van der Waals surface area contributed by atoms with Gasteiger partial charge in [-0.15, -0.1) is 0 Å². The molecule has 1 aromatic rings. The van der Waals surface area contributed by atoms with E-state index in [1.54, 1.807) is 0 Å². The quantitative estimate of drug-likeness (QED) is 0.812. The lowest BCUT2D eigenvalue weighted by Gasteiger charge is -2.11. The second-order valence-corrected chi connectivity index (χ2v) is 3.66. The van der Waals surface area contributed by atoms with Crippen molar-refractivity contribution in [3.05, 3.63) is 29.3 Å². The van der Waals surface area contributed by atoms with Gasteiger partial charge in [-0.05, 0) is 32.5 Å². The largest absolute Gasteiger partial charge is 0.492 e. The summed E-state index contributed by atoms with van der Waals surface area (Å²) in [4.78, 5) is 0. The topological polar surface area (TPSA) is 21.3 Å². The maximum absolute atomic E-state index is 5.93. The Bertz CT molecular complexity index is 278. The highest BCUT2D eigenvalue weighted by atomic mass is 35.5. The fourth-order valence-electron chi connectivity index (χ4n) is 1.05. The van der Waals surface area contributed by atoms with Crippen LogP contribution in [0.1, 0.15) is 13.3 Å². The third-order valence-electron chi connectivity index (χ3n) is 2.14. The number of hydrogen-bond acceptors (Lipinski definition) is 2. The van der Waals surface area contributed by atoms with Crippen LogP contribution in [-0.2, 0) is 0 Å². The van der Waals surface area contributed by atoms with E-state index in [2.05, 4.69) is 12.2 Å². The number of hydrogen-bond donors (Lipinski definition) is 1. The third kappa shape index (κ3) is 3.56. The first kappa shape index (κ1) is 11.3. The molecule has 1 N–H and O–H groups in total. The average molecular weight is 214 g/mol. The van der Waals surface area contributed by atoms with Crippen LogP contribution in [0.15, 0.2) is 24.3 Å². The molecule has 1 atom stereocenters. The monoisotopic (exact) mass is 213 g/mol. The molecule has 14 heavy (non-hydrogen) atoms. The Labute approximate surface area is 90.2 Å². The lowest BCUT2D eigenvalue weighted by molar-refractivity contribution is 0.293. The second kappa shape index (κ2) is 5.89. The van der Waals surface area contributed by atoms with Gasteiger partial charge in [0, 0.05) is 6.04 Å². The van der Waals surface area contributed by atoms with E-state index in [0.29, 0.717) is 17.7 Å². The summed E-state index contributed by atoms with van der Waals surface area (Å²) >= 11 is 5.93. The summed E-state index contributed by atoms with van der Waals surface area (Å²) in [6.45, 7) is 2.81. The van der Waals surface area contributed by atoms with Gasteiger partial charge in [-0.25, -0.2) is 0 Å². The van der Waals surface area contributed by atoms with Gasteiger partial charge in [0.1, 0.15) is 5.75 Å². The van der Waals surface area contributed by atoms with Crippen molar-refractivity contribution >= 4 is 11.6 Å². The summed E-state index contributed by atoms with van der Waals surface area (Å²) < 4.78 is 5.54. The molecular formula is C11H16ClNO. The molecule has 0 bridgehead atoms. The molecule has 2 nitrogen and oxygen atoms in total. The fourth-order valence-corrected chi connectivity index (χ4v) is 1.24. The SMILES string of the molecule is CNC(C)CCOc1ccccc1Cl. The molecule has 1 rings (SSSR count). The first-order chi connectivity index (χ1) is 6.74. The molecule has 0 aliphatic rings. The third-order valence-corrected chi connectivity index (χ3v) is 2.45. The summed E-state index contributed by atoms with van der Waals surface area (Å²) in [5.41, 5.74) is 0. The second-order valence-electron chi connectivity index (χ2n) is 3.26. The van der Waals surface area contributed by atoms with Crippen molar-refractivity contribution in [2.45, 2.75) is 19.4 Å². The zero-order valence-corrected chi connectivity index (χ0v) is 9.34. The Morgan fingerprint density at radius 2 is 2.14 bits per heavy atom. The van der Waals surface area contributed by atoms with Crippen LogP contribution in [0.25, 0.3) is 0 Å². The van der Waals surface area contributed by atoms with Crippen LogP contribution in [0, 0.1) is 0 Å². The van der Waals surface area contributed by atoms with Gasteiger partial charge in [0.2, 0.25) is 0 Å². The molecule has 3 heteroatoms.